The molecule has 0 fully saturated rings. The molecule has 1 atom stereocenters. The quantitative estimate of drug-likeness (QED) is 0.809. The predicted molar refractivity (Wildman–Crippen MR) is 62.2 cm³/mol. The van der Waals surface area contributed by atoms with Gasteiger partial charge >= 0.3 is 0 Å². The van der Waals surface area contributed by atoms with E-state index in [-0.39, 0.29) is 6.04 Å². The second-order valence-corrected chi connectivity index (χ2v) is 4.52. The molecular formula is C13H19F2N. The third kappa shape index (κ3) is 3.89. The SMILES string of the molecule is CC(C)CCNC(C)c1ccc(F)cc1F. The van der Waals surface area contributed by atoms with Crippen LogP contribution in [0.2, 0.25) is 0 Å². The second-order valence-electron chi connectivity index (χ2n) is 4.52. The number of nitrogens with one attached hydrogen (secondary N) is 1. The molecule has 1 nitrogen and oxygen atoms in total. The minimum atomic E-state index is -0.532. The van der Waals surface area contributed by atoms with Gasteiger partial charge in [0.25, 0.3) is 0 Å². The molecule has 1 rings (SSSR count). The Morgan fingerprint density at radius 1 is 1.19 bits per heavy atom. The van der Waals surface area contributed by atoms with E-state index < -0.39 is 11.6 Å². The summed E-state index contributed by atoms with van der Waals surface area (Å²) in [5, 5.41) is 3.23. The lowest BCUT2D eigenvalue weighted by atomic mass is 10.1. The van der Waals surface area contributed by atoms with E-state index in [2.05, 4.69) is 19.2 Å². The molecule has 0 saturated heterocycles. The van der Waals surface area contributed by atoms with E-state index in [0.29, 0.717) is 11.5 Å². The van der Waals surface area contributed by atoms with Crippen LogP contribution < -0.4 is 5.32 Å². The van der Waals surface area contributed by atoms with Crippen molar-refractivity contribution in [2.45, 2.75) is 33.2 Å². The van der Waals surface area contributed by atoms with Gasteiger partial charge in [-0.05, 0) is 31.9 Å². The van der Waals surface area contributed by atoms with Gasteiger partial charge in [-0.1, -0.05) is 19.9 Å². The molecule has 1 aromatic carbocycles. The summed E-state index contributed by atoms with van der Waals surface area (Å²) in [4.78, 5) is 0. The predicted octanol–water partition coefficient (Wildman–Crippen LogP) is 3.66. The van der Waals surface area contributed by atoms with Crippen LogP contribution in [0, 0.1) is 17.6 Å². The van der Waals surface area contributed by atoms with Gasteiger partial charge in [0, 0.05) is 17.7 Å². The van der Waals surface area contributed by atoms with Crippen molar-refractivity contribution < 1.29 is 8.78 Å². The molecule has 0 aliphatic heterocycles. The molecule has 0 saturated carbocycles. The summed E-state index contributed by atoms with van der Waals surface area (Å²) in [5.74, 6) is -0.391. The van der Waals surface area contributed by atoms with E-state index in [1.807, 2.05) is 6.92 Å². The molecule has 0 aliphatic carbocycles. The third-order valence-electron chi connectivity index (χ3n) is 2.60. The first-order valence-corrected chi connectivity index (χ1v) is 5.69. The summed E-state index contributed by atoms with van der Waals surface area (Å²) in [5.41, 5.74) is 0.519. The third-order valence-corrected chi connectivity index (χ3v) is 2.60. The molecule has 90 valence electrons. The number of benzene rings is 1. The molecule has 0 amide bonds. The van der Waals surface area contributed by atoms with Crippen molar-refractivity contribution in [1.29, 1.82) is 0 Å². The van der Waals surface area contributed by atoms with Crippen LogP contribution in [-0.4, -0.2) is 6.54 Å². The van der Waals surface area contributed by atoms with Crippen molar-refractivity contribution in [3.8, 4) is 0 Å². The van der Waals surface area contributed by atoms with Crippen LogP contribution in [0.3, 0.4) is 0 Å². The lowest BCUT2D eigenvalue weighted by Gasteiger charge is -2.15. The van der Waals surface area contributed by atoms with E-state index in [4.69, 9.17) is 0 Å². The Balaban J connectivity index is 2.55. The van der Waals surface area contributed by atoms with Crippen LogP contribution >= 0.6 is 0 Å². The van der Waals surface area contributed by atoms with Gasteiger partial charge in [-0.3, -0.25) is 0 Å². The Hall–Kier alpha value is -0.960. The van der Waals surface area contributed by atoms with E-state index in [1.165, 1.54) is 12.1 Å². The van der Waals surface area contributed by atoms with Crippen molar-refractivity contribution in [2.24, 2.45) is 5.92 Å². The topological polar surface area (TPSA) is 12.0 Å². The Labute approximate surface area is 95.9 Å². The summed E-state index contributed by atoms with van der Waals surface area (Å²) >= 11 is 0. The van der Waals surface area contributed by atoms with Crippen LogP contribution in [0.5, 0.6) is 0 Å². The molecule has 1 N–H and O–H groups in total. The average Bonchev–Trinajstić information content (AvgIpc) is 2.16. The monoisotopic (exact) mass is 227 g/mol. The summed E-state index contributed by atoms with van der Waals surface area (Å²) < 4.78 is 26.1. The van der Waals surface area contributed by atoms with Crippen molar-refractivity contribution in [3.05, 3.63) is 35.4 Å². The lowest BCUT2D eigenvalue weighted by molar-refractivity contribution is 0.479. The van der Waals surface area contributed by atoms with Gasteiger partial charge in [-0.25, -0.2) is 8.78 Å². The summed E-state index contributed by atoms with van der Waals surface area (Å²) in [6, 6.07) is 3.63. The molecule has 1 aromatic rings. The van der Waals surface area contributed by atoms with Gasteiger partial charge in [-0.15, -0.1) is 0 Å². The van der Waals surface area contributed by atoms with Crippen molar-refractivity contribution >= 4 is 0 Å². The normalized spacial score (nSPS) is 13.1. The fourth-order valence-corrected chi connectivity index (χ4v) is 1.55. The first-order chi connectivity index (χ1) is 7.50. The molecule has 0 bridgehead atoms. The average molecular weight is 227 g/mol. The Morgan fingerprint density at radius 2 is 1.88 bits per heavy atom. The molecule has 0 aromatic heterocycles. The first kappa shape index (κ1) is 13.1. The van der Waals surface area contributed by atoms with Gasteiger partial charge < -0.3 is 5.32 Å². The highest BCUT2D eigenvalue weighted by Crippen LogP contribution is 2.17. The van der Waals surface area contributed by atoms with E-state index in [1.54, 1.807) is 0 Å². The van der Waals surface area contributed by atoms with E-state index in [0.717, 1.165) is 19.0 Å². The second kappa shape index (κ2) is 5.94. The minimum absolute atomic E-state index is 0.0839. The maximum absolute atomic E-state index is 13.4. The summed E-state index contributed by atoms with van der Waals surface area (Å²) in [6.45, 7) is 7.02. The Kier molecular flexibility index (Phi) is 4.87. The highest BCUT2D eigenvalue weighted by molar-refractivity contribution is 5.21. The summed E-state index contributed by atoms with van der Waals surface area (Å²) in [6.07, 6.45) is 1.05. The molecule has 16 heavy (non-hydrogen) atoms. The first-order valence-electron chi connectivity index (χ1n) is 5.69. The van der Waals surface area contributed by atoms with Gasteiger partial charge in [0.1, 0.15) is 11.6 Å². The zero-order valence-electron chi connectivity index (χ0n) is 10.1. The molecule has 0 heterocycles. The standard InChI is InChI=1S/C13H19F2N/c1-9(2)6-7-16-10(3)12-5-4-11(14)8-13(12)15/h4-5,8-10,16H,6-7H2,1-3H3. The number of hydrogen-bond donors (Lipinski definition) is 1. The van der Waals surface area contributed by atoms with Crippen LogP contribution in [0.15, 0.2) is 18.2 Å². The van der Waals surface area contributed by atoms with Crippen molar-refractivity contribution in [1.82, 2.24) is 5.32 Å². The zero-order valence-corrected chi connectivity index (χ0v) is 10.1. The smallest absolute Gasteiger partial charge is 0.130 e. The highest BCUT2D eigenvalue weighted by atomic mass is 19.1. The molecule has 3 heteroatoms. The van der Waals surface area contributed by atoms with Gasteiger partial charge in [0.15, 0.2) is 0 Å². The molecule has 0 radical (unpaired) electrons. The fraction of sp³-hybridized carbons (Fsp3) is 0.538. The van der Waals surface area contributed by atoms with Crippen LogP contribution in [0.25, 0.3) is 0 Å². The number of halogens is 2. The van der Waals surface area contributed by atoms with Crippen molar-refractivity contribution in [2.75, 3.05) is 6.54 Å². The minimum Gasteiger partial charge on any atom is -0.310 e. The number of rotatable bonds is 5. The van der Waals surface area contributed by atoms with Crippen LogP contribution in [0.4, 0.5) is 8.78 Å². The highest BCUT2D eigenvalue weighted by Gasteiger charge is 2.10. The van der Waals surface area contributed by atoms with E-state index in [9.17, 15) is 8.78 Å². The van der Waals surface area contributed by atoms with Crippen LogP contribution in [0.1, 0.15) is 38.8 Å². The largest absolute Gasteiger partial charge is 0.310 e. The summed E-state index contributed by atoms with van der Waals surface area (Å²) in [7, 11) is 0. The van der Waals surface area contributed by atoms with Crippen LogP contribution in [-0.2, 0) is 0 Å². The molecule has 1 unspecified atom stereocenters. The molecule has 0 spiro atoms. The molecular weight excluding hydrogens is 208 g/mol. The molecule has 0 aliphatic rings. The maximum atomic E-state index is 13.4. The fourth-order valence-electron chi connectivity index (χ4n) is 1.55. The van der Waals surface area contributed by atoms with Gasteiger partial charge in [0.2, 0.25) is 0 Å². The maximum Gasteiger partial charge on any atom is 0.130 e. The Bertz CT molecular complexity index is 337. The lowest BCUT2D eigenvalue weighted by Crippen LogP contribution is -2.21. The number of hydrogen-bond acceptors (Lipinski definition) is 1. The van der Waals surface area contributed by atoms with E-state index >= 15 is 0 Å². The Morgan fingerprint density at radius 3 is 2.44 bits per heavy atom. The van der Waals surface area contributed by atoms with Crippen molar-refractivity contribution in [3.63, 3.8) is 0 Å². The van der Waals surface area contributed by atoms with Gasteiger partial charge in [0.05, 0.1) is 0 Å². The zero-order chi connectivity index (χ0) is 12.1. The van der Waals surface area contributed by atoms with Gasteiger partial charge in [-0.2, -0.15) is 0 Å².